The van der Waals surface area contributed by atoms with Gasteiger partial charge in [0, 0.05) is 10.2 Å². The molecule has 0 unspecified atom stereocenters. The molecule has 0 heterocycles. The lowest BCUT2D eigenvalue weighted by Crippen LogP contribution is -2.13. The smallest absolute Gasteiger partial charge is 0.0332 e. The molecule has 0 aliphatic heterocycles. The first-order valence-electron chi connectivity index (χ1n) is 3.66. The molecule has 0 aromatic heterocycles. The Morgan fingerprint density at radius 2 is 2.00 bits per heavy atom. The standard InChI is InChI=1S/C8H18Si/c1-5-6-8(3,4)7(2)9/h2,5-6H2,1,3-4,9H3. The van der Waals surface area contributed by atoms with E-state index in [1.807, 2.05) is 0 Å². The van der Waals surface area contributed by atoms with Crippen molar-refractivity contribution < 1.29 is 0 Å². The van der Waals surface area contributed by atoms with Gasteiger partial charge in [-0.25, -0.2) is 0 Å². The van der Waals surface area contributed by atoms with Crippen molar-refractivity contribution in [2.24, 2.45) is 5.41 Å². The molecular formula is C8H18Si. The van der Waals surface area contributed by atoms with Gasteiger partial charge >= 0.3 is 0 Å². The fourth-order valence-corrected chi connectivity index (χ4v) is 1.09. The first-order valence-corrected chi connectivity index (χ1v) is 4.66. The number of allylic oxidation sites excluding steroid dienone is 1. The van der Waals surface area contributed by atoms with Gasteiger partial charge in [-0.15, -0.1) is 6.58 Å². The second-order valence-electron chi connectivity index (χ2n) is 3.41. The van der Waals surface area contributed by atoms with E-state index < -0.39 is 0 Å². The highest BCUT2D eigenvalue weighted by atomic mass is 28.1. The van der Waals surface area contributed by atoms with Gasteiger partial charge in [0.2, 0.25) is 0 Å². The molecule has 0 saturated carbocycles. The van der Waals surface area contributed by atoms with Crippen LogP contribution in [-0.2, 0) is 0 Å². The van der Waals surface area contributed by atoms with E-state index in [-0.39, 0.29) is 0 Å². The van der Waals surface area contributed by atoms with Crippen molar-refractivity contribution in [3.8, 4) is 0 Å². The SMILES string of the molecule is C=C([SiH3])C(C)(C)CCC. The highest BCUT2D eigenvalue weighted by molar-refractivity contribution is 6.21. The predicted molar refractivity (Wildman–Crippen MR) is 47.8 cm³/mol. The first-order chi connectivity index (χ1) is 4.00. The molecule has 0 aromatic carbocycles. The van der Waals surface area contributed by atoms with Gasteiger partial charge in [-0.2, -0.15) is 0 Å². The molecule has 9 heavy (non-hydrogen) atoms. The Morgan fingerprint density at radius 3 is 2.11 bits per heavy atom. The lowest BCUT2D eigenvalue weighted by molar-refractivity contribution is 0.423. The van der Waals surface area contributed by atoms with E-state index in [4.69, 9.17) is 0 Å². The summed E-state index contributed by atoms with van der Waals surface area (Å²) in [6, 6.07) is 0. The van der Waals surface area contributed by atoms with E-state index in [1.165, 1.54) is 18.0 Å². The zero-order valence-electron chi connectivity index (χ0n) is 7.12. The summed E-state index contributed by atoms with van der Waals surface area (Å²) in [4.78, 5) is 0. The maximum absolute atomic E-state index is 4.01. The lowest BCUT2D eigenvalue weighted by Gasteiger charge is -2.24. The second-order valence-corrected chi connectivity index (χ2v) is 4.62. The summed E-state index contributed by atoms with van der Waals surface area (Å²) >= 11 is 0. The summed E-state index contributed by atoms with van der Waals surface area (Å²) in [6.07, 6.45) is 2.56. The molecule has 0 radical (unpaired) electrons. The fraction of sp³-hybridized carbons (Fsp3) is 0.750. The summed E-state index contributed by atoms with van der Waals surface area (Å²) in [5, 5.41) is 1.43. The van der Waals surface area contributed by atoms with Crippen molar-refractivity contribution in [2.45, 2.75) is 33.6 Å². The van der Waals surface area contributed by atoms with Crippen LogP contribution in [0.3, 0.4) is 0 Å². The summed E-state index contributed by atoms with van der Waals surface area (Å²) in [5.74, 6) is 0. The molecule has 0 spiro atoms. The van der Waals surface area contributed by atoms with Crippen molar-refractivity contribution in [1.29, 1.82) is 0 Å². The maximum Gasteiger partial charge on any atom is 0.0332 e. The highest BCUT2D eigenvalue weighted by Gasteiger charge is 2.15. The van der Waals surface area contributed by atoms with Gasteiger partial charge in [0.15, 0.2) is 0 Å². The van der Waals surface area contributed by atoms with Crippen LogP contribution in [0.2, 0.25) is 0 Å². The summed E-state index contributed by atoms with van der Waals surface area (Å²) in [6.45, 7) is 10.8. The van der Waals surface area contributed by atoms with Gasteiger partial charge in [-0.1, -0.05) is 32.4 Å². The quantitative estimate of drug-likeness (QED) is 0.526. The Hall–Kier alpha value is -0.0431. The molecule has 0 saturated heterocycles. The van der Waals surface area contributed by atoms with Crippen LogP contribution < -0.4 is 0 Å². The molecule has 0 aromatic rings. The van der Waals surface area contributed by atoms with Gasteiger partial charge in [-0.05, 0) is 11.8 Å². The van der Waals surface area contributed by atoms with Crippen molar-refractivity contribution >= 4 is 10.2 Å². The summed E-state index contributed by atoms with van der Waals surface area (Å²) in [5.41, 5.74) is 0.418. The molecule has 1 heteroatoms. The Labute approximate surface area is 61.8 Å². The number of hydrogen-bond donors (Lipinski definition) is 0. The predicted octanol–water partition coefficient (Wildman–Crippen LogP) is 1.69. The lowest BCUT2D eigenvalue weighted by atomic mass is 9.88. The second kappa shape index (κ2) is 3.21. The minimum Gasteiger partial charge on any atom is -0.104 e. The van der Waals surface area contributed by atoms with Crippen molar-refractivity contribution in [3.63, 3.8) is 0 Å². The Kier molecular flexibility index (Phi) is 3.19. The average Bonchev–Trinajstić information content (AvgIpc) is 1.65. The van der Waals surface area contributed by atoms with Crippen LogP contribution in [0, 0.1) is 5.41 Å². The molecule has 0 nitrogen and oxygen atoms in total. The highest BCUT2D eigenvalue weighted by Crippen LogP contribution is 2.27. The van der Waals surface area contributed by atoms with E-state index in [0.717, 1.165) is 10.2 Å². The monoisotopic (exact) mass is 142 g/mol. The van der Waals surface area contributed by atoms with Crippen LogP contribution in [-0.4, -0.2) is 10.2 Å². The third-order valence-corrected chi connectivity index (χ3v) is 3.38. The Balaban J connectivity index is 3.85. The molecule has 0 N–H and O–H groups in total. The van der Waals surface area contributed by atoms with E-state index in [2.05, 4.69) is 27.4 Å². The molecule has 0 atom stereocenters. The molecule has 0 rings (SSSR count). The number of hydrogen-bond acceptors (Lipinski definition) is 0. The van der Waals surface area contributed by atoms with Crippen LogP contribution in [0.4, 0.5) is 0 Å². The molecule has 54 valence electrons. The first kappa shape index (κ1) is 8.96. The molecular weight excluding hydrogens is 124 g/mol. The molecule has 0 amide bonds. The van der Waals surface area contributed by atoms with Crippen LogP contribution in [0.1, 0.15) is 33.6 Å². The van der Waals surface area contributed by atoms with Crippen molar-refractivity contribution in [3.05, 3.63) is 11.8 Å². The van der Waals surface area contributed by atoms with Crippen LogP contribution >= 0.6 is 0 Å². The van der Waals surface area contributed by atoms with Gasteiger partial charge < -0.3 is 0 Å². The molecule has 0 bridgehead atoms. The fourth-order valence-electron chi connectivity index (χ4n) is 0.838. The summed E-state index contributed by atoms with van der Waals surface area (Å²) < 4.78 is 0. The third kappa shape index (κ3) is 2.85. The summed E-state index contributed by atoms with van der Waals surface area (Å²) in [7, 11) is 1.15. The topological polar surface area (TPSA) is 0 Å². The van der Waals surface area contributed by atoms with E-state index in [1.54, 1.807) is 0 Å². The van der Waals surface area contributed by atoms with Gasteiger partial charge in [-0.3, -0.25) is 0 Å². The zero-order chi connectivity index (χ0) is 7.49. The minimum atomic E-state index is 0.418. The maximum atomic E-state index is 4.01. The Bertz CT molecular complexity index is 103. The molecule has 0 fully saturated rings. The van der Waals surface area contributed by atoms with E-state index >= 15 is 0 Å². The normalized spacial score (nSPS) is 11.9. The van der Waals surface area contributed by atoms with E-state index in [0.29, 0.717) is 5.41 Å². The van der Waals surface area contributed by atoms with Crippen LogP contribution in [0.5, 0.6) is 0 Å². The largest absolute Gasteiger partial charge is 0.104 e. The molecule has 0 aliphatic carbocycles. The van der Waals surface area contributed by atoms with Gasteiger partial charge in [0.1, 0.15) is 0 Å². The van der Waals surface area contributed by atoms with Crippen molar-refractivity contribution in [1.82, 2.24) is 0 Å². The molecule has 0 aliphatic rings. The number of rotatable bonds is 3. The third-order valence-electron chi connectivity index (χ3n) is 2.03. The van der Waals surface area contributed by atoms with Crippen LogP contribution in [0.25, 0.3) is 0 Å². The van der Waals surface area contributed by atoms with E-state index in [9.17, 15) is 0 Å². The van der Waals surface area contributed by atoms with Crippen LogP contribution in [0.15, 0.2) is 11.8 Å². The zero-order valence-corrected chi connectivity index (χ0v) is 9.12. The van der Waals surface area contributed by atoms with Gasteiger partial charge in [0.25, 0.3) is 0 Å². The van der Waals surface area contributed by atoms with Crippen molar-refractivity contribution in [2.75, 3.05) is 0 Å². The Morgan fingerprint density at radius 1 is 1.56 bits per heavy atom. The van der Waals surface area contributed by atoms with Gasteiger partial charge in [0.05, 0.1) is 0 Å². The average molecular weight is 142 g/mol. The minimum absolute atomic E-state index is 0.418.